The van der Waals surface area contributed by atoms with Gasteiger partial charge in [-0.3, -0.25) is 76.9 Å². The number of guanidine groups is 1. The molecule has 4 heterocycles. The van der Waals surface area contributed by atoms with E-state index in [0.717, 1.165) is 37.4 Å². The molecule has 0 aliphatic carbocycles. The number of aromatic amines is 1. The number of aromatic nitrogens is 1. The number of nitrogens with zero attached hydrogens (tertiary/aromatic N) is 4. The minimum absolute atomic E-state index is 0.0109. The lowest BCUT2D eigenvalue weighted by atomic mass is 9.98. The first-order valence-electron chi connectivity index (χ1n) is 40.2. The molecule has 120 heavy (non-hydrogen) atoms. The number of phenols is 1. The molecule has 1 aromatic heterocycles. The number of carboxylic acid groups (broad SMARTS) is 3. The lowest BCUT2D eigenvalue weighted by molar-refractivity contribution is -0.149. The van der Waals surface area contributed by atoms with Crippen molar-refractivity contribution < 1.29 is 97.1 Å². The quantitative estimate of drug-likeness (QED) is 0.0141. The summed E-state index contributed by atoms with van der Waals surface area (Å²) >= 11 is 0. The van der Waals surface area contributed by atoms with E-state index in [2.05, 4.69) is 57.8 Å². The smallest absolute Gasteiger partial charge is 0.326 e. The SMILES string of the molecule is CC(C)C[C@H](NC(=O)[C@H]1NC(=O)[C@H](Cc2c[nH]c3ccccc23)NC(=O)[C@H]2CCCN2C(=O)[C@H](NC(=O)[C@H](CCCN=C(N)N)N(C)C(=O)[C@@H]2CCCN2C(=O)[C@H](CCCCN)NC(=O)[C@H](CC(N)=O)NC(=O)[C@H](CCC(=O)O)NC(=O)[C@H](Cc2ccc(O)cc2)NC(=O)[C@H](CC(C)C)NC(=O)[C@@H](N)CCC(=O)O)C(C)(C)SSC1(C)C)C(=O)O. The van der Waals surface area contributed by atoms with Gasteiger partial charge in [0.1, 0.15) is 78.3 Å². The number of primary amides is 1. The van der Waals surface area contributed by atoms with Gasteiger partial charge in [0.05, 0.1) is 12.5 Å². The van der Waals surface area contributed by atoms with Gasteiger partial charge in [-0.1, -0.05) is 79.6 Å². The molecule has 3 saturated heterocycles. The van der Waals surface area contributed by atoms with Crippen molar-refractivity contribution in [1.29, 1.82) is 0 Å². The number of para-hydroxylation sites is 1. The van der Waals surface area contributed by atoms with E-state index in [1.165, 1.54) is 41.1 Å². The summed E-state index contributed by atoms with van der Waals surface area (Å²) in [6, 6.07) is -6.88. The monoisotopic (exact) mass is 1720 g/mol. The Kier molecular flexibility index (Phi) is 37.2. The van der Waals surface area contributed by atoms with E-state index in [1.807, 2.05) is 18.2 Å². The zero-order valence-electron chi connectivity index (χ0n) is 69.2. The Morgan fingerprint density at radius 2 is 1.23 bits per heavy atom. The second-order valence-electron chi connectivity index (χ2n) is 32.4. The third-order valence-corrected chi connectivity index (χ3v) is 25.2. The number of H-pyrrole nitrogens is 1. The summed E-state index contributed by atoms with van der Waals surface area (Å²) in [4.78, 5) is 238. The van der Waals surface area contributed by atoms with Crippen molar-refractivity contribution in [3.05, 3.63) is 65.9 Å². The molecule has 0 spiro atoms. The van der Waals surface area contributed by atoms with Crippen LogP contribution in [0.2, 0.25) is 0 Å². The largest absolute Gasteiger partial charge is 0.508 e. The summed E-state index contributed by atoms with van der Waals surface area (Å²) < 4.78 is -2.83. The van der Waals surface area contributed by atoms with Gasteiger partial charge < -0.3 is 117 Å². The van der Waals surface area contributed by atoms with Gasteiger partial charge >= 0.3 is 17.9 Å². The third kappa shape index (κ3) is 29.0. The van der Waals surface area contributed by atoms with Crippen molar-refractivity contribution in [3.63, 3.8) is 0 Å². The number of nitrogens with two attached hydrogens (primary N) is 5. The van der Waals surface area contributed by atoms with Gasteiger partial charge in [-0.25, -0.2) is 4.79 Å². The number of rotatable bonds is 42. The topological polar surface area (TPSA) is 630 Å². The minimum atomic E-state index is -1.95. The number of phenolic OH excluding ortho intramolecular Hbond substituents is 1. The first-order chi connectivity index (χ1) is 56.4. The molecule has 0 unspecified atom stereocenters. The first-order valence-corrected chi connectivity index (χ1v) is 42.3. The van der Waals surface area contributed by atoms with Gasteiger partial charge in [-0.05, 0) is 159 Å². The maximum Gasteiger partial charge on any atom is 0.326 e. The highest BCUT2D eigenvalue weighted by molar-refractivity contribution is 8.77. The fraction of sp³-hybridized carbons (Fsp3) is 0.608. The van der Waals surface area contributed by atoms with Crippen LogP contribution < -0.4 is 76.5 Å². The van der Waals surface area contributed by atoms with Crippen molar-refractivity contribution in [1.82, 2.24) is 67.5 Å². The molecule has 13 atom stereocenters. The maximum absolute atomic E-state index is 15.7. The van der Waals surface area contributed by atoms with Crippen molar-refractivity contribution in [2.45, 2.75) is 259 Å². The van der Waals surface area contributed by atoms with Crippen molar-refractivity contribution in [2.75, 3.05) is 33.2 Å². The molecule has 41 heteroatoms. The number of unbranched alkanes of at least 4 members (excludes halogenated alkanes) is 1. The number of carbonyl (C=O) groups excluding carboxylic acids is 13. The summed E-state index contributed by atoms with van der Waals surface area (Å²) in [5, 5.41) is 64.0. The summed E-state index contributed by atoms with van der Waals surface area (Å²) in [5.74, 6) is -17.0. The Morgan fingerprint density at radius 1 is 0.642 bits per heavy atom. The molecule has 6 rings (SSSR count). The average Bonchev–Trinajstić information content (AvgIpc) is 1.40. The zero-order valence-corrected chi connectivity index (χ0v) is 70.9. The van der Waals surface area contributed by atoms with E-state index in [9.17, 15) is 78.0 Å². The van der Waals surface area contributed by atoms with Crippen LogP contribution in [0, 0.1) is 11.8 Å². The molecule has 3 fully saturated rings. The standard InChI is InChI=1S/C79H119N19O20S2/c1-41(2)35-51(89-64(105)47(81)27-29-60(101)102)66(107)90-52(37-43-23-25-45(99)26-24-43)67(108)87-49(28-30-61(103)104)65(106)91-54(39-59(82)100)68(109)88-50(19-12-13-31-80)73(114)98-34-16-22-58(98)74(115)96(9)56(20-14-32-85-77(83)84)70(111)95-63-75(116)97-33-15-21-57(97)71(112)92-53(38-44-40-86-48-18-11-10-17-46(44)48)69(110)94-62(78(5,6)119-120-79(63,7)8)72(113)93-55(76(117)118)36-42(3)4/h10-11,17-18,23-26,40-42,47,49-58,62-63,86,99H,12-16,19-22,27-39,80-81H2,1-9H3,(H2,82,100)(H,87,108)(H,88,109)(H,89,105)(H,90,107)(H,91,106)(H,92,112)(H,93,113)(H,94,110)(H,95,111)(H,101,102)(H,103,104)(H,117,118)(H4,83,84,85)/t47-,49-,50-,51-,52-,53-,54-,55-,56-,57+,58-,62+,63-/m0/s1. The molecule has 3 aromatic rings. The number of aliphatic carboxylic acids is 3. The number of hydrogen-bond donors (Lipinski definition) is 19. The van der Waals surface area contributed by atoms with Gasteiger partial charge in [0.15, 0.2) is 5.96 Å². The summed E-state index contributed by atoms with van der Waals surface area (Å²) in [6.45, 7) is 13.6. The summed E-state index contributed by atoms with van der Waals surface area (Å²) in [5.41, 5.74) is 30.7. The molecule has 3 aliphatic heterocycles. The number of carbonyl (C=O) groups is 16. The number of likely N-dealkylation sites (N-methyl/N-ethyl adjacent to an activating group) is 1. The average molecular weight is 1720 g/mol. The number of fused-ring (bicyclic) bond motifs is 2. The molecule has 0 saturated carbocycles. The van der Waals surface area contributed by atoms with E-state index in [0.29, 0.717) is 24.0 Å². The zero-order chi connectivity index (χ0) is 89.2. The minimum Gasteiger partial charge on any atom is -0.508 e. The Morgan fingerprint density at radius 3 is 1.86 bits per heavy atom. The molecule has 24 N–H and O–H groups in total. The molecule has 0 radical (unpaired) electrons. The van der Waals surface area contributed by atoms with Crippen LogP contribution in [0.15, 0.2) is 59.7 Å². The number of nitrogens with one attached hydrogen (secondary N) is 10. The molecular formula is C79H119N19O20S2. The Bertz CT molecular complexity index is 4200. The van der Waals surface area contributed by atoms with Gasteiger partial charge in [-0.15, -0.1) is 0 Å². The number of benzene rings is 2. The highest BCUT2D eigenvalue weighted by atomic mass is 33.1. The summed E-state index contributed by atoms with van der Waals surface area (Å²) in [7, 11) is 3.43. The van der Waals surface area contributed by atoms with Crippen molar-refractivity contribution in [3.8, 4) is 5.75 Å². The fourth-order valence-electron chi connectivity index (χ4n) is 14.4. The molecule has 39 nitrogen and oxygen atoms in total. The second kappa shape index (κ2) is 45.6. The normalized spacial score (nSPS) is 20.0. The van der Waals surface area contributed by atoms with Gasteiger partial charge in [0.25, 0.3) is 0 Å². The molecule has 662 valence electrons. The van der Waals surface area contributed by atoms with Crippen LogP contribution in [0.25, 0.3) is 10.9 Å². The Labute approximate surface area is 703 Å². The highest BCUT2D eigenvalue weighted by Crippen LogP contribution is 2.47. The van der Waals surface area contributed by atoms with E-state index < -0.39 is 208 Å². The van der Waals surface area contributed by atoms with E-state index in [-0.39, 0.29) is 127 Å². The summed E-state index contributed by atoms with van der Waals surface area (Å²) in [6.07, 6.45) is -1.04. The number of aromatic hydroxyl groups is 1. The predicted octanol–water partition coefficient (Wildman–Crippen LogP) is -0.925. The van der Waals surface area contributed by atoms with Crippen LogP contribution in [0.1, 0.15) is 169 Å². The van der Waals surface area contributed by atoms with Crippen LogP contribution in [-0.4, -0.2) is 262 Å². The molecular weight excluding hydrogens is 1600 g/mol. The maximum atomic E-state index is 15.7. The van der Waals surface area contributed by atoms with Crippen molar-refractivity contribution in [2.24, 2.45) is 45.5 Å². The van der Waals surface area contributed by atoms with Crippen LogP contribution in [-0.2, 0) is 89.6 Å². The lowest BCUT2D eigenvalue weighted by Crippen LogP contribution is -2.65. The first kappa shape index (κ1) is 98.0. The molecule has 13 amide bonds. The lowest BCUT2D eigenvalue weighted by Gasteiger charge is -2.41. The fourth-order valence-corrected chi connectivity index (χ4v) is 17.2. The van der Waals surface area contributed by atoms with E-state index >= 15 is 19.2 Å². The van der Waals surface area contributed by atoms with Gasteiger partial charge in [0, 0.05) is 79.0 Å². The van der Waals surface area contributed by atoms with Crippen LogP contribution in [0.5, 0.6) is 5.75 Å². The number of carboxylic acids is 3. The molecule has 2 aromatic carbocycles. The Balaban J connectivity index is 1.31. The predicted molar refractivity (Wildman–Crippen MR) is 445 cm³/mol. The number of hydrogen-bond acceptors (Lipinski definition) is 22. The molecule has 0 bridgehead atoms. The van der Waals surface area contributed by atoms with Gasteiger partial charge in [0.2, 0.25) is 76.8 Å². The highest BCUT2D eigenvalue weighted by Gasteiger charge is 2.50. The second-order valence-corrected chi connectivity index (χ2v) is 35.9. The van der Waals surface area contributed by atoms with Crippen LogP contribution >= 0.6 is 21.6 Å². The van der Waals surface area contributed by atoms with E-state index in [1.54, 1.807) is 67.7 Å². The van der Waals surface area contributed by atoms with Crippen LogP contribution in [0.4, 0.5) is 0 Å². The van der Waals surface area contributed by atoms with Crippen LogP contribution in [0.3, 0.4) is 0 Å². The Hall–Kier alpha value is -10.8. The molecule has 3 aliphatic rings. The number of amides is 13. The van der Waals surface area contributed by atoms with Crippen molar-refractivity contribution >= 4 is 133 Å². The third-order valence-electron chi connectivity index (χ3n) is 20.9. The van der Waals surface area contributed by atoms with Gasteiger partial charge in [-0.2, -0.15) is 0 Å². The number of likely N-dealkylation sites (tertiary alicyclic amines) is 1. The van der Waals surface area contributed by atoms with E-state index in [4.69, 9.17) is 28.7 Å². The number of aliphatic imine (C=N–C) groups is 1.